The van der Waals surface area contributed by atoms with Gasteiger partial charge in [0.25, 0.3) is 0 Å². The molecule has 0 aromatic heterocycles. The van der Waals surface area contributed by atoms with Gasteiger partial charge in [-0.25, -0.2) is 0 Å². The lowest BCUT2D eigenvalue weighted by Crippen LogP contribution is -2.33. The smallest absolute Gasteiger partial charge is 0.0374 e. The minimum absolute atomic E-state index is 0.979. The second-order valence-electron chi connectivity index (χ2n) is 4.80. The first-order valence-electron chi connectivity index (χ1n) is 6.65. The molecule has 1 aliphatic rings. The maximum atomic E-state index is 3.53. The van der Waals surface area contributed by atoms with Gasteiger partial charge in [-0.05, 0) is 42.3 Å². The van der Waals surface area contributed by atoms with Crippen LogP contribution in [0.25, 0.3) is 0 Å². The molecule has 2 aromatic carbocycles. The summed E-state index contributed by atoms with van der Waals surface area (Å²) in [4.78, 5) is 2.44. The van der Waals surface area contributed by atoms with Crippen molar-refractivity contribution in [2.24, 2.45) is 0 Å². The van der Waals surface area contributed by atoms with Crippen LogP contribution >= 0.6 is 15.9 Å². The Bertz CT molecular complexity index is 551. The van der Waals surface area contributed by atoms with Crippen molar-refractivity contribution in [2.75, 3.05) is 29.9 Å². The van der Waals surface area contributed by atoms with Crippen LogP contribution in [0.3, 0.4) is 0 Å². The van der Waals surface area contributed by atoms with Gasteiger partial charge in [0, 0.05) is 35.5 Å². The predicted molar refractivity (Wildman–Crippen MR) is 85.0 cm³/mol. The van der Waals surface area contributed by atoms with Crippen LogP contribution in [0.1, 0.15) is 5.56 Å². The van der Waals surface area contributed by atoms with E-state index in [-0.39, 0.29) is 0 Å². The van der Waals surface area contributed by atoms with Crippen molar-refractivity contribution in [1.82, 2.24) is 0 Å². The van der Waals surface area contributed by atoms with Crippen molar-refractivity contribution < 1.29 is 0 Å². The molecule has 98 valence electrons. The quantitative estimate of drug-likeness (QED) is 0.857. The SMILES string of the molecule is Brc1ccc(N2CCNc3ccccc3CC2)cc1. The van der Waals surface area contributed by atoms with Gasteiger partial charge in [-0.1, -0.05) is 34.1 Å². The monoisotopic (exact) mass is 316 g/mol. The summed E-state index contributed by atoms with van der Waals surface area (Å²) >= 11 is 3.49. The molecule has 1 N–H and O–H groups in total. The summed E-state index contributed by atoms with van der Waals surface area (Å²) < 4.78 is 1.13. The van der Waals surface area contributed by atoms with Gasteiger partial charge < -0.3 is 10.2 Å². The van der Waals surface area contributed by atoms with Crippen molar-refractivity contribution in [2.45, 2.75) is 6.42 Å². The van der Waals surface area contributed by atoms with E-state index in [1.807, 2.05) is 0 Å². The van der Waals surface area contributed by atoms with Crippen LogP contribution in [-0.4, -0.2) is 19.6 Å². The highest BCUT2D eigenvalue weighted by molar-refractivity contribution is 9.10. The molecule has 0 unspecified atom stereocenters. The molecule has 2 aromatic rings. The Morgan fingerprint density at radius 2 is 1.74 bits per heavy atom. The summed E-state index contributed by atoms with van der Waals surface area (Å²) in [5.74, 6) is 0. The van der Waals surface area contributed by atoms with Gasteiger partial charge in [-0.15, -0.1) is 0 Å². The van der Waals surface area contributed by atoms with Gasteiger partial charge in [0.05, 0.1) is 0 Å². The van der Waals surface area contributed by atoms with Crippen LogP contribution < -0.4 is 10.2 Å². The Hall–Kier alpha value is -1.48. The molecule has 0 spiro atoms. The number of halogens is 1. The van der Waals surface area contributed by atoms with E-state index < -0.39 is 0 Å². The Balaban J connectivity index is 1.78. The average Bonchev–Trinajstić information content (AvgIpc) is 2.41. The van der Waals surface area contributed by atoms with E-state index in [0.29, 0.717) is 0 Å². The third-order valence-electron chi connectivity index (χ3n) is 3.56. The van der Waals surface area contributed by atoms with Crippen molar-refractivity contribution in [3.05, 3.63) is 58.6 Å². The van der Waals surface area contributed by atoms with Gasteiger partial charge in [-0.3, -0.25) is 0 Å². The van der Waals surface area contributed by atoms with Gasteiger partial charge in [-0.2, -0.15) is 0 Å². The molecule has 0 aliphatic carbocycles. The minimum Gasteiger partial charge on any atom is -0.383 e. The van der Waals surface area contributed by atoms with Crippen LogP contribution in [-0.2, 0) is 6.42 Å². The molecule has 0 atom stereocenters. The zero-order valence-corrected chi connectivity index (χ0v) is 12.4. The largest absolute Gasteiger partial charge is 0.383 e. The van der Waals surface area contributed by atoms with E-state index in [2.05, 4.69) is 74.7 Å². The van der Waals surface area contributed by atoms with Crippen LogP contribution in [0, 0.1) is 0 Å². The van der Waals surface area contributed by atoms with Crippen molar-refractivity contribution in [1.29, 1.82) is 0 Å². The van der Waals surface area contributed by atoms with E-state index in [0.717, 1.165) is 30.5 Å². The number of hydrogen-bond donors (Lipinski definition) is 1. The summed E-state index contributed by atoms with van der Waals surface area (Å²) in [6, 6.07) is 17.2. The molecule has 0 radical (unpaired) electrons. The summed E-state index contributed by atoms with van der Waals surface area (Å²) in [6.45, 7) is 3.09. The van der Waals surface area contributed by atoms with E-state index in [4.69, 9.17) is 0 Å². The van der Waals surface area contributed by atoms with Gasteiger partial charge in [0.1, 0.15) is 0 Å². The predicted octanol–water partition coefficient (Wildman–Crippen LogP) is 3.92. The number of nitrogens with zero attached hydrogens (tertiary/aromatic N) is 1. The molecule has 0 saturated carbocycles. The minimum atomic E-state index is 0.979. The fourth-order valence-electron chi connectivity index (χ4n) is 2.51. The molecule has 3 heteroatoms. The number of nitrogens with one attached hydrogen (secondary N) is 1. The lowest BCUT2D eigenvalue weighted by molar-refractivity contribution is 0.774. The number of anilines is 2. The number of fused-ring (bicyclic) bond motifs is 1. The van der Waals surface area contributed by atoms with E-state index in [1.165, 1.54) is 16.9 Å². The van der Waals surface area contributed by atoms with Crippen molar-refractivity contribution in [3.63, 3.8) is 0 Å². The molecular weight excluding hydrogens is 300 g/mol. The van der Waals surface area contributed by atoms with Crippen molar-refractivity contribution >= 4 is 27.3 Å². The van der Waals surface area contributed by atoms with Crippen LogP contribution in [0.4, 0.5) is 11.4 Å². The molecule has 3 rings (SSSR count). The first kappa shape index (κ1) is 12.5. The molecule has 1 heterocycles. The molecule has 19 heavy (non-hydrogen) atoms. The lowest BCUT2D eigenvalue weighted by atomic mass is 10.1. The molecule has 2 nitrogen and oxygen atoms in total. The molecule has 0 saturated heterocycles. The first-order chi connectivity index (χ1) is 9.33. The lowest BCUT2D eigenvalue weighted by Gasteiger charge is -2.28. The summed E-state index contributed by atoms with van der Waals surface area (Å²) in [5.41, 5.74) is 3.99. The highest BCUT2D eigenvalue weighted by Crippen LogP contribution is 2.22. The number of hydrogen-bond acceptors (Lipinski definition) is 2. The number of para-hydroxylation sites is 1. The Labute approximate surface area is 122 Å². The molecular formula is C16H17BrN2. The Morgan fingerprint density at radius 3 is 2.58 bits per heavy atom. The average molecular weight is 317 g/mol. The van der Waals surface area contributed by atoms with Crippen LogP contribution in [0.15, 0.2) is 53.0 Å². The zero-order valence-electron chi connectivity index (χ0n) is 10.8. The number of rotatable bonds is 1. The standard InChI is InChI=1S/C16H17BrN2/c17-14-5-7-15(8-6-14)19-11-9-13-3-1-2-4-16(13)18-10-12-19/h1-8,18H,9-12H2. The van der Waals surface area contributed by atoms with Crippen molar-refractivity contribution in [3.8, 4) is 0 Å². The molecule has 1 aliphatic heterocycles. The number of benzene rings is 2. The molecule has 0 fully saturated rings. The third-order valence-corrected chi connectivity index (χ3v) is 4.09. The maximum absolute atomic E-state index is 3.53. The zero-order chi connectivity index (χ0) is 13.1. The normalized spacial score (nSPS) is 15.1. The van der Waals surface area contributed by atoms with Gasteiger partial charge in [0.2, 0.25) is 0 Å². The van der Waals surface area contributed by atoms with Gasteiger partial charge >= 0.3 is 0 Å². The first-order valence-corrected chi connectivity index (χ1v) is 7.44. The van der Waals surface area contributed by atoms with Gasteiger partial charge in [0.15, 0.2) is 0 Å². The fourth-order valence-corrected chi connectivity index (χ4v) is 2.78. The molecule has 0 amide bonds. The summed E-state index contributed by atoms with van der Waals surface area (Å²) in [5, 5.41) is 3.53. The van der Waals surface area contributed by atoms with E-state index >= 15 is 0 Å². The maximum Gasteiger partial charge on any atom is 0.0374 e. The third kappa shape index (κ3) is 2.92. The summed E-state index contributed by atoms with van der Waals surface area (Å²) in [6.07, 6.45) is 1.08. The Kier molecular flexibility index (Phi) is 3.74. The summed E-state index contributed by atoms with van der Waals surface area (Å²) in [7, 11) is 0. The molecule has 0 bridgehead atoms. The van der Waals surface area contributed by atoms with Crippen LogP contribution in [0.2, 0.25) is 0 Å². The van der Waals surface area contributed by atoms with E-state index in [9.17, 15) is 0 Å². The highest BCUT2D eigenvalue weighted by atomic mass is 79.9. The highest BCUT2D eigenvalue weighted by Gasteiger charge is 2.11. The topological polar surface area (TPSA) is 15.3 Å². The Morgan fingerprint density at radius 1 is 0.947 bits per heavy atom. The fraction of sp³-hybridized carbons (Fsp3) is 0.250. The second kappa shape index (κ2) is 5.66. The van der Waals surface area contributed by atoms with E-state index in [1.54, 1.807) is 0 Å². The second-order valence-corrected chi connectivity index (χ2v) is 5.71. The van der Waals surface area contributed by atoms with Crippen LogP contribution in [0.5, 0.6) is 0 Å².